The number of ether oxygens (including phenoxy) is 1. The Balaban J connectivity index is 1.25. The Hall–Kier alpha value is -3.08. The maximum atomic E-state index is 13.8. The number of rotatable bonds is 8. The number of H-pyrrole nitrogens is 1. The van der Waals surface area contributed by atoms with Crippen molar-refractivity contribution in [3.63, 3.8) is 0 Å². The number of nitrogens with zero attached hydrogens (tertiary/aromatic N) is 4. The lowest BCUT2D eigenvalue weighted by Gasteiger charge is -2.32. The van der Waals surface area contributed by atoms with Gasteiger partial charge in [0.25, 0.3) is 0 Å². The van der Waals surface area contributed by atoms with Gasteiger partial charge in [0.05, 0.1) is 23.7 Å². The van der Waals surface area contributed by atoms with Gasteiger partial charge in [-0.3, -0.25) is 4.90 Å². The average Bonchev–Trinajstić information content (AvgIpc) is 3.63. The summed E-state index contributed by atoms with van der Waals surface area (Å²) in [6.07, 6.45) is 9.39. The van der Waals surface area contributed by atoms with Crippen LogP contribution in [0.1, 0.15) is 37.7 Å². The van der Waals surface area contributed by atoms with Crippen LogP contribution in [0.3, 0.4) is 0 Å². The molecular formula is C26H32N7O2P. The summed E-state index contributed by atoms with van der Waals surface area (Å²) < 4.78 is 19.5. The van der Waals surface area contributed by atoms with Crippen LogP contribution in [-0.2, 0) is 4.57 Å². The number of nitrogens with one attached hydrogen (secondary N) is 3. The highest BCUT2D eigenvalue weighted by Gasteiger charge is 2.37. The fourth-order valence-corrected chi connectivity index (χ4v) is 7.87. The molecule has 36 heavy (non-hydrogen) atoms. The summed E-state index contributed by atoms with van der Waals surface area (Å²) in [6.45, 7) is 2.65. The van der Waals surface area contributed by atoms with E-state index in [1.165, 1.54) is 32.1 Å². The van der Waals surface area contributed by atoms with E-state index < -0.39 is 7.14 Å². The van der Waals surface area contributed by atoms with Crippen molar-refractivity contribution in [1.29, 1.82) is 5.26 Å². The molecule has 3 N–H and O–H groups in total. The van der Waals surface area contributed by atoms with Crippen LogP contribution in [0.5, 0.6) is 5.75 Å². The quantitative estimate of drug-likeness (QED) is 0.389. The first-order valence-corrected chi connectivity index (χ1v) is 14.9. The van der Waals surface area contributed by atoms with Crippen LogP contribution in [0.2, 0.25) is 0 Å². The molecule has 2 aliphatic carbocycles. The predicted octanol–water partition coefficient (Wildman–Crippen LogP) is 4.26. The van der Waals surface area contributed by atoms with Crippen LogP contribution in [-0.4, -0.2) is 65.0 Å². The molecule has 0 spiro atoms. The second-order valence-electron chi connectivity index (χ2n) is 10.2. The predicted molar refractivity (Wildman–Crippen MR) is 142 cm³/mol. The molecule has 3 heterocycles. The Labute approximate surface area is 211 Å². The summed E-state index contributed by atoms with van der Waals surface area (Å²) in [4.78, 5) is 14.9. The van der Waals surface area contributed by atoms with Gasteiger partial charge in [0.15, 0.2) is 0 Å². The number of aromatic amines is 1. The first-order chi connectivity index (χ1) is 17.6. The van der Waals surface area contributed by atoms with Crippen molar-refractivity contribution < 1.29 is 9.30 Å². The molecule has 0 radical (unpaired) electrons. The average molecular weight is 506 g/mol. The maximum absolute atomic E-state index is 13.8. The van der Waals surface area contributed by atoms with E-state index >= 15 is 0 Å². The maximum Gasteiger partial charge on any atom is 0.231 e. The van der Waals surface area contributed by atoms with Gasteiger partial charge in [0, 0.05) is 49.5 Å². The molecule has 1 aliphatic heterocycles. The second kappa shape index (κ2) is 9.42. The Morgan fingerprint density at radius 2 is 2.03 bits per heavy atom. The zero-order valence-electron chi connectivity index (χ0n) is 20.6. The monoisotopic (exact) mass is 505 g/mol. The molecule has 0 amide bonds. The van der Waals surface area contributed by atoms with Crippen LogP contribution >= 0.6 is 7.14 Å². The third kappa shape index (κ3) is 4.44. The molecule has 0 unspecified atom stereocenters. The van der Waals surface area contributed by atoms with Gasteiger partial charge in [-0.2, -0.15) is 15.2 Å². The van der Waals surface area contributed by atoms with Crippen molar-refractivity contribution in [3.8, 4) is 11.8 Å². The Kier molecular flexibility index (Phi) is 6.10. The van der Waals surface area contributed by atoms with Crippen molar-refractivity contribution in [2.45, 2.75) is 38.1 Å². The van der Waals surface area contributed by atoms with Crippen molar-refractivity contribution in [2.75, 3.05) is 49.7 Å². The van der Waals surface area contributed by atoms with Crippen LogP contribution < -0.4 is 20.7 Å². The van der Waals surface area contributed by atoms with Crippen LogP contribution in [0.25, 0.3) is 11.0 Å². The lowest BCUT2D eigenvalue weighted by molar-refractivity contribution is 0.285. The fraction of sp³-hybridized carbons (Fsp3) is 0.500. The molecule has 3 fully saturated rings. The van der Waals surface area contributed by atoms with E-state index in [4.69, 9.17) is 9.72 Å². The number of nitriles is 1. The molecule has 2 saturated carbocycles. The molecule has 9 nitrogen and oxygen atoms in total. The van der Waals surface area contributed by atoms with Crippen LogP contribution in [0, 0.1) is 17.2 Å². The van der Waals surface area contributed by atoms with Crippen molar-refractivity contribution in [2.24, 2.45) is 5.92 Å². The lowest BCUT2D eigenvalue weighted by atomic mass is 9.85. The van der Waals surface area contributed by atoms with Gasteiger partial charge in [0.1, 0.15) is 30.4 Å². The van der Waals surface area contributed by atoms with Crippen molar-refractivity contribution in [1.82, 2.24) is 19.9 Å². The SMILES string of the molecule is COc1cc(P2(=O)CCN(C3CC3)CC2)ccc1Nc1nc(NCC2CCC2)c2c(C#N)c[nH]c2n1. The lowest BCUT2D eigenvalue weighted by Crippen LogP contribution is -2.38. The molecule has 0 atom stereocenters. The first-order valence-electron chi connectivity index (χ1n) is 12.9. The van der Waals surface area contributed by atoms with Gasteiger partial charge in [-0.05, 0) is 49.8 Å². The minimum Gasteiger partial charge on any atom is -0.495 e. The minimum atomic E-state index is -2.44. The third-order valence-electron chi connectivity index (χ3n) is 7.90. The Morgan fingerprint density at radius 1 is 1.22 bits per heavy atom. The molecular weight excluding hydrogens is 473 g/mol. The van der Waals surface area contributed by atoms with Crippen LogP contribution in [0.4, 0.5) is 17.5 Å². The summed E-state index contributed by atoms with van der Waals surface area (Å²) in [5.41, 5.74) is 1.83. The topological polar surface area (TPSA) is 119 Å². The highest BCUT2D eigenvalue weighted by molar-refractivity contribution is 7.71. The first kappa shape index (κ1) is 23.3. The Bertz CT molecular complexity index is 1360. The molecule has 188 valence electrons. The number of hydrogen-bond acceptors (Lipinski definition) is 8. The molecule has 3 aliphatic rings. The number of aromatic nitrogens is 3. The number of fused-ring (bicyclic) bond motifs is 1. The van der Waals surface area contributed by atoms with Crippen molar-refractivity contribution in [3.05, 3.63) is 30.0 Å². The molecule has 10 heteroatoms. The third-order valence-corrected chi connectivity index (χ3v) is 11.0. The van der Waals surface area contributed by atoms with Gasteiger partial charge in [-0.15, -0.1) is 0 Å². The smallest absolute Gasteiger partial charge is 0.231 e. The minimum absolute atomic E-state index is 0.403. The van der Waals surface area contributed by atoms with Gasteiger partial charge in [-0.1, -0.05) is 6.42 Å². The highest BCUT2D eigenvalue weighted by atomic mass is 31.2. The fourth-order valence-electron chi connectivity index (χ4n) is 5.27. The van der Waals surface area contributed by atoms with E-state index in [0.717, 1.165) is 37.3 Å². The second-order valence-corrected chi connectivity index (χ2v) is 13.4. The van der Waals surface area contributed by atoms with E-state index in [1.54, 1.807) is 13.3 Å². The summed E-state index contributed by atoms with van der Waals surface area (Å²) in [5.74, 6) is 2.31. The normalized spacial score (nSPS) is 20.0. The summed E-state index contributed by atoms with van der Waals surface area (Å²) >= 11 is 0. The molecule has 1 saturated heterocycles. The highest BCUT2D eigenvalue weighted by Crippen LogP contribution is 2.49. The molecule has 2 aromatic heterocycles. The number of methoxy groups -OCH3 is 1. The molecule has 3 aromatic rings. The van der Waals surface area contributed by atoms with Gasteiger partial charge < -0.3 is 24.9 Å². The largest absolute Gasteiger partial charge is 0.495 e. The van der Waals surface area contributed by atoms with Crippen molar-refractivity contribution >= 4 is 40.9 Å². The van der Waals surface area contributed by atoms with E-state index in [9.17, 15) is 9.83 Å². The molecule has 0 bridgehead atoms. The van der Waals surface area contributed by atoms with E-state index in [2.05, 4.69) is 31.6 Å². The zero-order chi connectivity index (χ0) is 24.7. The van der Waals surface area contributed by atoms with E-state index in [1.807, 2.05) is 18.2 Å². The summed E-state index contributed by atoms with van der Waals surface area (Å²) in [7, 11) is -0.820. The van der Waals surface area contributed by atoms with E-state index in [-0.39, 0.29) is 0 Å². The number of benzene rings is 1. The Morgan fingerprint density at radius 3 is 2.69 bits per heavy atom. The number of hydrogen-bond donors (Lipinski definition) is 3. The zero-order valence-corrected chi connectivity index (χ0v) is 21.5. The summed E-state index contributed by atoms with van der Waals surface area (Å²) in [6, 6.07) is 8.71. The standard InChI is InChI=1S/C26H32N7O2P/c1-35-22-13-20(36(34)11-9-33(10-12-36)19-5-6-19)7-8-21(22)30-26-31-24(28-15-17-3-2-4-17)23-18(14-27)16-29-25(23)32-26/h7-8,13,16-17,19H,2-6,9-12,15H2,1H3,(H3,28,29,30,31,32). The molecule has 1 aromatic carbocycles. The van der Waals surface area contributed by atoms with Gasteiger partial charge in [-0.25, -0.2) is 0 Å². The van der Waals surface area contributed by atoms with Gasteiger partial charge >= 0.3 is 0 Å². The van der Waals surface area contributed by atoms with Gasteiger partial charge in [0.2, 0.25) is 5.95 Å². The number of anilines is 3. The summed E-state index contributed by atoms with van der Waals surface area (Å²) in [5, 5.41) is 17.9. The van der Waals surface area contributed by atoms with Crippen LogP contribution in [0.15, 0.2) is 24.4 Å². The van der Waals surface area contributed by atoms with E-state index in [0.29, 0.717) is 51.8 Å². The molecule has 6 rings (SSSR count).